The number of carbonyl (C=O) groups is 1. The van der Waals surface area contributed by atoms with Crippen LogP contribution in [0.15, 0.2) is 60.8 Å². The molecule has 0 unspecified atom stereocenters. The van der Waals surface area contributed by atoms with Crippen LogP contribution in [-0.4, -0.2) is 22.3 Å². The zero-order chi connectivity index (χ0) is 18.2. The first-order valence-corrected chi connectivity index (χ1v) is 9.59. The maximum Gasteiger partial charge on any atom is 0.230 e. The number of aryl methyl sites for hydroxylation is 1. The van der Waals surface area contributed by atoms with Crippen LogP contribution in [0.5, 0.6) is 0 Å². The second-order valence-corrected chi connectivity index (χ2v) is 7.35. The van der Waals surface area contributed by atoms with Gasteiger partial charge >= 0.3 is 0 Å². The summed E-state index contributed by atoms with van der Waals surface area (Å²) in [7, 11) is 0. The molecular formula is C23H21N3O. The summed E-state index contributed by atoms with van der Waals surface area (Å²) in [5.41, 5.74) is 5.30. The lowest BCUT2D eigenvalue weighted by molar-refractivity contribution is 0.0962. The monoisotopic (exact) mass is 355 g/mol. The molecule has 4 nitrogen and oxygen atoms in total. The zero-order valence-electron chi connectivity index (χ0n) is 15.1. The molecule has 2 aromatic carbocycles. The Balaban J connectivity index is 1.51. The first-order valence-electron chi connectivity index (χ1n) is 9.59. The molecule has 27 heavy (non-hydrogen) atoms. The lowest BCUT2D eigenvalue weighted by Gasteiger charge is -2.30. The average molecular weight is 355 g/mol. The number of rotatable bonds is 2. The smallest absolute Gasteiger partial charge is 0.230 e. The van der Waals surface area contributed by atoms with Crippen LogP contribution in [0.1, 0.15) is 45.9 Å². The quantitative estimate of drug-likeness (QED) is 0.680. The highest BCUT2D eigenvalue weighted by atomic mass is 16.1. The Kier molecular flexibility index (Phi) is 3.97. The van der Waals surface area contributed by atoms with E-state index in [0.717, 1.165) is 31.5 Å². The van der Waals surface area contributed by atoms with Gasteiger partial charge in [0.25, 0.3) is 0 Å². The summed E-state index contributed by atoms with van der Waals surface area (Å²) in [6, 6.07) is 18.7. The van der Waals surface area contributed by atoms with Gasteiger partial charge in [0.15, 0.2) is 5.78 Å². The zero-order valence-corrected chi connectivity index (χ0v) is 15.1. The molecule has 4 heteroatoms. The standard InChI is InChI=1S/C23H21N3O/c27-22-14-18(16-7-2-1-3-8-16)13-20-19(22)15-24-23(25-20)26-12-6-10-17-9-4-5-11-21(17)26/h1-5,7-9,11,15,18H,6,10,12-14H2/t18-/m0/s1. The number of hydrogen-bond donors (Lipinski definition) is 0. The van der Waals surface area contributed by atoms with Gasteiger partial charge in [0.2, 0.25) is 5.95 Å². The molecule has 1 aliphatic heterocycles. The maximum absolute atomic E-state index is 12.7. The molecule has 0 spiro atoms. The molecule has 1 atom stereocenters. The highest BCUT2D eigenvalue weighted by molar-refractivity contribution is 5.98. The fourth-order valence-electron chi connectivity index (χ4n) is 4.27. The highest BCUT2D eigenvalue weighted by Crippen LogP contribution is 2.35. The van der Waals surface area contributed by atoms with Crippen LogP contribution in [0.4, 0.5) is 11.6 Å². The van der Waals surface area contributed by atoms with Gasteiger partial charge in [-0.15, -0.1) is 0 Å². The highest BCUT2D eigenvalue weighted by Gasteiger charge is 2.29. The van der Waals surface area contributed by atoms with E-state index in [4.69, 9.17) is 4.98 Å². The summed E-state index contributed by atoms with van der Waals surface area (Å²) in [4.78, 5) is 24.3. The molecule has 0 fully saturated rings. The van der Waals surface area contributed by atoms with Crippen LogP contribution in [0.3, 0.4) is 0 Å². The van der Waals surface area contributed by atoms with Crippen molar-refractivity contribution in [2.45, 2.75) is 31.6 Å². The molecule has 1 aliphatic carbocycles. The van der Waals surface area contributed by atoms with Gasteiger partial charge in [0.05, 0.1) is 11.3 Å². The molecule has 2 heterocycles. The summed E-state index contributed by atoms with van der Waals surface area (Å²) < 4.78 is 0. The number of hydrogen-bond acceptors (Lipinski definition) is 4. The van der Waals surface area contributed by atoms with E-state index < -0.39 is 0 Å². The van der Waals surface area contributed by atoms with Crippen molar-refractivity contribution in [1.82, 2.24) is 9.97 Å². The number of anilines is 2. The van der Waals surface area contributed by atoms with Crippen molar-refractivity contribution >= 4 is 17.4 Å². The minimum atomic E-state index is 0.149. The fraction of sp³-hybridized carbons (Fsp3) is 0.261. The van der Waals surface area contributed by atoms with Gasteiger partial charge in [0.1, 0.15) is 0 Å². The van der Waals surface area contributed by atoms with E-state index in [9.17, 15) is 4.79 Å². The molecule has 0 saturated carbocycles. The van der Waals surface area contributed by atoms with Gasteiger partial charge < -0.3 is 4.90 Å². The van der Waals surface area contributed by atoms with E-state index in [1.54, 1.807) is 6.20 Å². The topological polar surface area (TPSA) is 46.1 Å². The molecule has 0 radical (unpaired) electrons. The van der Waals surface area contributed by atoms with E-state index in [-0.39, 0.29) is 11.7 Å². The van der Waals surface area contributed by atoms with Gasteiger partial charge in [-0.2, -0.15) is 0 Å². The molecule has 5 rings (SSSR count). The van der Waals surface area contributed by atoms with Gasteiger partial charge in [-0.05, 0) is 42.4 Å². The molecule has 0 bridgehead atoms. The molecule has 134 valence electrons. The summed E-state index contributed by atoms with van der Waals surface area (Å²) in [5, 5.41) is 0. The van der Waals surface area contributed by atoms with Crippen molar-refractivity contribution in [3.05, 3.63) is 83.2 Å². The van der Waals surface area contributed by atoms with E-state index in [1.165, 1.54) is 16.8 Å². The minimum absolute atomic E-state index is 0.149. The fourth-order valence-corrected chi connectivity index (χ4v) is 4.27. The minimum Gasteiger partial charge on any atom is -0.310 e. The lowest BCUT2D eigenvalue weighted by atomic mass is 9.82. The van der Waals surface area contributed by atoms with Crippen LogP contribution >= 0.6 is 0 Å². The first kappa shape index (κ1) is 16.2. The van der Waals surface area contributed by atoms with Crippen molar-refractivity contribution in [3.63, 3.8) is 0 Å². The van der Waals surface area contributed by atoms with Gasteiger partial charge in [0, 0.05) is 24.8 Å². The Hall–Kier alpha value is -3.01. The Morgan fingerprint density at radius 1 is 0.963 bits per heavy atom. The van der Waals surface area contributed by atoms with Crippen molar-refractivity contribution < 1.29 is 4.79 Å². The van der Waals surface area contributed by atoms with Crippen molar-refractivity contribution in [1.29, 1.82) is 0 Å². The maximum atomic E-state index is 12.7. The average Bonchev–Trinajstić information content (AvgIpc) is 2.73. The van der Waals surface area contributed by atoms with Crippen molar-refractivity contribution in [2.75, 3.05) is 11.4 Å². The Bertz CT molecular complexity index is 1000. The second-order valence-electron chi connectivity index (χ2n) is 7.35. The van der Waals surface area contributed by atoms with Gasteiger partial charge in [-0.1, -0.05) is 48.5 Å². The summed E-state index contributed by atoms with van der Waals surface area (Å²) in [6.45, 7) is 0.909. The van der Waals surface area contributed by atoms with Crippen LogP contribution in [-0.2, 0) is 12.8 Å². The van der Waals surface area contributed by atoms with Crippen LogP contribution < -0.4 is 4.90 Å². The molecule has 1 aromatic heterocycles. The molecule has 3 aromatic rings. The number of Topliss-reactive ketones (excluding diaryl/α,β-unsaturated/α-hetero) is 1. The number of aromatic nitrogens is 2. The molecule has 0 amide bonds. The number of benzene rings is 2. The van der Waals surface area contributed by atoms with E-state index in [0.29, 0.717) is 17.9 Å². The number of nitrogens with zero attached hydrogens (tertiary/aromatic N) is 3. The van der Waals surface area contributed by atoms with Crippen LogP contribution in [0.2, 0.25) is 0 Å². The molecule has 0 N–H and O–H groups in total. The van der Waals surface area contributed by atoms with Gasteiger partial charge in [-0.25, -0.2) is 9.97 Å². The number of para-hydroxylation sites is 1. The van der Waals surface area contributed by atoms with Crippen molar-refractivity contribution in [3.8, 4) is 0 Å². The normalized spacial score (nSPS) is 18.7. The largest absolute Gasteiger partial charge is 0.310 e. The molecule has 0 saturated heterocycles. The number of carbonyl (C=O) groups excluding carboxylic acids is 1. The Morgan fingerprint density at radius 3 is 2.67 bits per heavy atom. The van der Waals surface area contributed by atoms with Crippen LogP contribution in [0.25, 0.3) is 0 Å². The van der Waals surface area contributed by atoms with Crippen molar-refractivity contribution in [2.24, 2.45) is 0 Å². The number of fused-ring (bicyclic) bond motifs is 2. The SMILES string of the molecule is O=C1C[C@@H](c2ccccc2)Cc2nc(N3CCCc4ccccc43)ncc21. The third-order valence-electron chi connectivity index (χ3n) is 5.65. The predicted molar refractivity (Wildman–Crippen MR) is 106 cm³/mol. The van der Waals surface area contributed by atoms with Gasteiger partial charge in [-0.3, -0.25) is 4.79 Å². The Morgan fingerprint density at radius 2 is 1.78 bits per heavy atom. The molecule has 2 aliphatic rings. The number of ketones is 1. The second kappa shape index (κ2) is 6.62. The third-order valence-corrected chi connectivity index (χ3v) is 5.65. The predicted octanol–water partition coefficient (Wildman–Crippen LogP) is 4.47. The molecular weight excluding hydrogens is 334 g/mol. The lowest BCUT2D eigenvalue weighted by Crippen LogP contribution is -2.28. The van der Waals surface area contributed by atoms with E-state index in [1.807, 2.05) is 18.2 Å². The van der Waals surface area contributed by atoms with Crippen LogP contribution in [0, 0.1) is 0 Å². The summed E-state index contributed by atoms with van der Waals surface area (Å²) in [5.74, 6) is 1.06. The van der Waals surface area contributed by atoms with E-state index in [2.05, 4.69) is 46.3 Å². The summed E-state index contributed by atoms with van der Waals surface area (Å²) >= 11 is 0. The van der Waals surface area contributed by atoms with E-state index >= 15 is 0 Å². The summed E-state index contributed by atoms with van der Waals surface area (Å²) in [6.07, 6.45) is 5.23. The third kappa shape index (κ3) is 2.91. The first-order chi connectivity index (χ1) is 13.3. The Labute approximate surface area is 158 Å².